The third kappa shape index (κ3) is 2.99. The molecule has 0 amide bonds. The topological polar surface area (TPSA) is 68.0 Å². The quantitative estimate of drug-likeness (QED) is 0.802. The van der Waals surface area contributed by atoms with Gasteiger partial charge in [-0.05, 0) is 29.8 Å². The standard InChI is InChI=1S/C16H12ClN3O2/c17-13-3-1-11(2-4-13)10-20-8-7-19-15(20)14-9-12(16(21)22)5-6-18-14/h1-9H,10H2,(H,21,22). The van der Waals surface area contributed by atoms with Crippen molar-refractivity contribution in [2.75, 3.05) is 0 Å². The molecule has 0 aliphatic carbocycles. The van der Waals surface area contributed by atoms with Gasteiger partial charge in [0.05, 0.1) is 5.56 Å². The summed E-state index contributed by atoms with van der Waals surface area (Å²) in [6.07, 6.45) is 4.97. The molecule has 0 unspecified atom stereocenters. The van der Waals surface area contributed by atoms with Gasteiger partial charge in [0.1, 0.15) is 5.69 Å². The van der Waals surface area contributed by atoms with Crippen molar-refractivity contribution in [3.63, 3.8) is 0 Å². The SMILES string of the molecule is O=C(O)c1ccnc(-c2nccn2Cc2ccc(Cl)cc2)c1. The molecule has 3 rings (SSSR count). The fourth-order valence-corrected chi connectivity index (χ4v) is 2.27. The van der Waals surface area contributed by atoms with Gasteiger partial charge in [-0.1, -0.05) is 23.7 Å². The van der Waals surface area contributed by atoms with Crippen molar-refractivity contribution >= 4 is 17.6 Å². The van der Waals surface area contributed by atoms with Crippen molar-refractivity contribution in [1.82, 2.24) is 14.5 Å². The van der Waals surface area contributed by atoms with Gasteiger partial charge in [0, 0.05) is 30.2 Å². The third-order valence-corrected chi connectivity index (χ3v) is 3.47. The van der Waals surface area contributed by atoms with Crippen LogP contribution >= 0.6 is 11.6 Å². The highest BCUT2D eigenvalue weighted by atomic mass is 35.5. The first-order valence-electron chi connectivity index (χ1n) is 6.59. The second kappa shape index (κ2) is 5.99. The lowest BCUT2D eigenvalue weighted by Gasteiger charge is -2.08. The Labute approximate surface area is 131 Å². The Hall–Kier alpha value is -2.66. The number of aromatic nitrogens is 3. The molecule has 22 heavy (non-hydrogen) atoms. The Bertz CT molecular complexity index is 812. The molecule has 2 heterocycles. The molecule has 3 aromatic rings. The molecule has 5 nitrogen and oxygen atoms in total. The number of rotatable bonds is 4. The van der Waals surface area contributed by atoms with Crippen molar-refractivity contribution in [2.45, 2.75) is 6.54 Å². The average molecular weight is 314 g/mol. The Kier molecular flexibility index (Phi) is 3.89. The van der Waals surface area contributed by atoms with E-state index in [2.05, 4.69) is 9.97 Å². The van der Waals surface area contributed by atoms with Crippen molar-refractivity contribution < 1.29 is 9.90 Å². The highest BCUT2D eigenvalue weighted by molar-refractivity contribution is 6.30. The van der Waals surface area contributed by atoms with E-state index in [1.807, 2.05) is 35.0 Å². The van der Waals surface area contributed by atoms with E-state index in [1.165, 1.54) is 18.3 Å². The fourth-order valence-electron chi connectivity index (χ4n) is 2.14. The van der Waals surface area contributed by atoms with Crippen LogP contribution in [0, 0.1) is 0 Å². The van der Waals surface area contributed by atoms with E-state index in [0.717, 1.165) is 5.56 Å². The minimum atomic E-state index is -0.987. The van der Waals surface area contributed by atoms with Crippen LogP contribution in [0.25, 0.3) is 11.5 Å². The molecule has 0 spiro atoms. The minimum absolute atomic E-state index is 0.186. The molecule has 0 fully saturated rings. The molecule has 110 valence electrons. The summed E-state index contributed by atoms with van der Waals surface area (Å²) >= 11 is 5.88. The lowest BCUT2D eigenvalue weighted by Crippen LogP contribution is -2.03. The maximum absolute atomic E-state index is 11.1. The number of pyridine rings is 1. The average Bonchev–Trinajstić information content (AvgIpc) is 2.98. The monoisotopic (exact) mass is 313 g/mol. The summed E-state index contributed by atoms with van der Waals surface area (Å²) in [5, 5.41) is 9.76. The molecule has 0 saturated carbocycles. The number of carbonyl (C=O) groups is 1. The first kappa shape index (κ1) is 14.3. The molecule has 0 bridgehead atoms. The number of hydrogen-bond acceptors (Lipinski definition) is 3. The van der Waals surface area contributed by atoms with Gasteiger partial charge in [0.2, 0.25) is 0 Å². The van der Waals surface area contributed by atoms with E-state index in [-0.39, 0.29) is 5.56 Å². The van der Waals surface area contributed by atoms with E-state index >= 15 is 0 Å². The molecule has 1 N–H and O–H groups in total. The summed E-state index contributed by atoms with van der Waals surface area (Å²) < 4.78 is 1.91. The van der Waals surface area contributed by atoms with Gasteiger partial charge in [-0.25, -0.2) is 9.78 Å². The Morgan fingerprint density at radius 2 is 1.91 bits per heavy atom. The van der Waals surface area contributed by atoms with Crippen LogP contribution in [-0.2, 0) is 6.54 Å². The largest absolute Gasteiger partial charge is 0.478 e. The summed E-state index contributed by atoms with van der Waals surface area (Å²) in [6, 6.07) is 10.5. The van der Waals surface area contributed by atoms with E-state index < -0.39 is 5.97 Å². The first-order valence-corrected chi connectivity index (χ1v) is 6.96. The van der Waals surface area contributed by atoms with E-state index in [0.29, 0.717) is 23.1 Å². The lowest BCUT2D eigenvalue weighted by atomic mass is 10.2. The van der Waals surface area contributed by atoms with Gasteiger partial charge in [-0.2, -0.15) is 0 Å². The van der Waals surface area contributed by atoms with Crippen LogP contribution in [0.2, 0.25) is 5.02 Å². The molecule has 6 heteroatoms. The number of aromatic carboxylic acids is 1. The van der Waals surface area contributed by atoms with Crippen molar-refractivity contribution in [1.29, 1.82) is 0 Å². The van der Waals surface area contributed by atoms with E-state index in [4.69, 9.17) is 16.7 Å². The summed E-state index contributed by atoms with van der Waals surface area (Å²) in [5.41, 5.74) is 1.78. The van der Waals surface area contributed by atoms with Gasteiger partial charge in [0.25, 0.3) is 0 Å². The summed E-state index contributed by atoms with van der Waals surface area (Å²) in [4.78, 5) is 19.6. The normalized spacial score (nSPS) is 10.6. The van der Waals surface area contributed by atoms with Crippen LogP contribution in [0.3, 0.4) is 0 Å². The van der Waals surface area contributed by atoms with Gasteiger partial charge < -0.3 is 9.67 Å². The predicted molar refractivity (Wildman–Crippen MR) is 83.0 cm³/mol. The van der Waals surface area contributed by atoms with Crippen LogP contribution in [-0.4, -0.2) is 25.6 Å². The zero-order valence-corrected chi connectivity index (χ0v) is 12.2. The Balaban J connectivity index is 1.93. The highest BCUT2D eigenvalue weighted by Crippen LogP contribution is 2.18. The van der Waals surface area contributed by atoms with Gasteiger partial charge in [-0.3, -0.25) is 4.98 Å². The molecular weight excluding hydrogens is 302 g/mol. The predicted octanol–water partition coefficient (Wildman–Crippen LogP) is 3.35. The fraction of sp³-hybridized carbons (Fsp3) is 0.0625. The lowest BCUT2D eigenvalue weighted by molar-refractivity contribution is 0.0697. The molecule has 0 aliphatic rings. The maximum atomic E-state index is 11.1. The van der Waals surface area contributed by atoms with Crippen LogP contribution in [0.4, 0.5) is 0 Å². The highest BCUT2D eigenvalue weighted by Gasteiger charge is 2.11. The first-order chi connectivity index (χ1) is 10.6. The van der Waals surface area contributed by atoms with Crippen LogP contribution < -0.4 is 0 Å². The molecule has 0 saturated heterocycles. The van der Waals surface area contributed by atoms with Crippen molar-refractivity contribution in [3.05, 3.63) is 71.1 Å². The van der Waals surface area contributed by atoms with Gasteiger partial charge in [-0.15, -0.1) is 0 Å². The third-order valence-electron chi connectivity index (χ3n) is 3.22. The second-order valence-electron chi connectivity index (χ2n) is 4.74. The number of imidazole rings is 1. The molecule has 0 aliphatic heterocycles. The summed E-state index contributed by atoms with van der Waals surface area (Å²) in [7, 11) is 0. The minimum Gasteiger partial charge on any atom is -0.478 e. The number of carboxylic acid groups (broad SMARTS) is 1. The van der Waals surface area contributed by atoms with Crippen molar-refractivity contribution in [2.24, 2.45) is 0 Å². The van der Waals surface area contributed by atoms with Crippen LogP contribution in [0.5, 0.6) is 0 Å². The number of nitrogens with zero attached hydrogens (tertiary/aromatic N) is 3. The molecule has 1 aromatic carbocycles. The molecule has 0 radical (unpaired) electrons. The van der Waals surface area contributed by atoms with Gasteiger partial charge in [0.15, 0.2) is 5.82 Å². The zero-order valence-electron chi connectivity index (χ0n) is 11.5. The Morgan fingerprint density at radius 3 is 2.64 bits per heavy atom. The van der Waals surface area contributed by atoms with E-state index in [9.17, 15) is 4.79 Å². The second-order valence-corrected chi connectivity index (χ2v) is 5.18. The zero-order chi connectivity index (χ0) is 15.5. The maximum Gasteiger partial charge on any atom is 0.335 e. The number of carboxylic acids is 1. The molecular formula is C16H12ClN3O2. The van der Waals surface area contributed by atoms with E-state index in [1.54, 1.807) is 6.20 Å². The Morgan fingerprint density at radius 1 is 1.14 bits per heavy atom. The van der Waals surface area contributed by atoms with Crippen LogP contribution in [0.15, 0.2) is 55.0 Å². The number of hydrogen-bond donors (Lipinski definition) is 1. The smallest absolute Gasteiger partial charge is 0.335 e. The number of benzene rings is 1. The summed E-state index contributed by atoms with van der Waals surface area (Å²) in [5.74, 6) is -0.363. The van der Waals surface area contributed by atoms with Crippen LogP contribution in [0.1, 0.15) is 15.9 Å². The summed E-state index contributed by atoms with van der Waals surface area (Å²) in [6.45, 7) is 0.603. The molecule has 0 atom stereocenters. The molecule has 2 aromatic heterocycles. The number of halogens is 1. The van der Waals surface area contributed by atoms with Gasteiger partial charge >= 0.3 is 5.97 Å². The van der Waals surface area contributed by atoms with Crippen molar-refractivity contribution in [3.8, 4) is 11.5 Å².